The summed E-state index contributed by atoms with van der Waals surface area (Å²) < 4.78 is 5.15. The summed E-state index contributed by atoms with van der Waals surface area (Å²) in [7, 11) is 0. The van der Waals surface area contributed by atoms with Crippen molar-refractivity contribution in [3.8, 4) is 0 Å². The van der Waals surface area contributed by atoms with Gasteiger partial charge in [0.25, 0.3) is 0 Å². The minimum absolute atomic E-state index is 0.117. The van der Waals surface area contributed by atoms with Gasteiger partial charge in [-0.1, -0.05) is 6.92 Å². The van der Waals surface area contributed by atoms with Crippen LogP contribution >= 0.6 is 0 Å². The molecule has 1 aliphatic heterocycles. The van der Waals surface area contributed by atoms with Gasteiger partial charge in [-0.2, -0.15) is 0 Å². The fourth-order valence-corrected chi connectivity index (χ4v) is 2.51. The van der Waals surface area contributed by atoms with Crippen LogP contribution in [0.25, 0.3) is 0 Å². The van der Waals surface area contributed by atoms with Gasteiger partial charge in [-0.05, 0) is 53.1 Å². The van der Waals surface area contributed by atoms with Crippen molar-refractivity contribution in [2.75, 3.05) is 26.2 Å². The molecule has 4 nitrogen and oxygen atoms in total. The summed E-state index contributed by atoms with van der Waals surface area (Å²) in [5.74, 6) is -0.117. The van der Waals surface area contributed by atoms with Crippen molar-refractivity contribution in [2.45, 2.75) is 58.5 Å². The van der Waals surface area contributed by atoms with Gasteiger partial charge in [0, 0.05) is 12.1 Å². The van der Waals surface area contributed by atoms with E-state index in [0.717, 1.165) is 26.1 Å². The van der Waals surface area contributed by atoms with Gasteiger partial charge in [0.05, 0.1) is 6.61 Å². The fraction of sp³-hybridized carbons (Fsp3) is 0.929. The van der Waals surface area contributed by atoms with Crippen LogP contribution in [-0.4, -0.2) is 48.7 Å². The van der Waals surface area contributed by atoms with Crippen molar-refractivity contribution < 1.29 is 9.53 Å². The van der Waals surface area contributed by atoms with E-state index >= 15 is 0 Å². The topological polar surface area (TPSA) is 41.6 Å². The molecule has 4 heteroatoms. The highest BCUT2D eigenvalue weighted by atomic mass is 16.5. The van der Waals surface area contributed by atoms with Crippen molar-refractivity contribution in [1.82, 2.24) is 10.2 Å². The zero-order chi connectivity index (χ0) is 13.6. The fourth-order valence-electron chi connectivity index (χ4n) is 2.51. The Bertz CT molecular complexity index is 267. The van der Waals surface area contributed by atoms with Crippen LogP contribution in [0, 0.1) is 0 Å². The SMILES string of the molecule is CCCNC(CN1CCCC1(C)C)C(=O)OCC. The molecule has 1 N–H and O–H groups in total. The molecular weight excluding hydrogens is 228 g/mol. The van der Waals surface area contributed by atoms with Crippen molar-refractivity contribution in [3.05, 3.63) is 0 Å². The van der Waals surface area contributed by atoms with E-state index in [1.165, 1.54) is 12.8 Å². The van der Waals surface area contributed by atoms with Crippen LogP contribution in [0.1, 0.15) is 47.0 Å². The molecule has 0 aliphatic carbocycles. The number of rotatable bonds is 7. The Labute approximate surface area is 111 Å². The lowest BCUT2D eigenvalue weighted by Crippen LogP contribution is -2.51. The molecule has 18 heavy (non-hydrogen) atoms. The average Bonchev–Trinajstić information content (AvgIpc) is 2.64. The highest BCUT2D eigenvalue weighted by Crippen LogP contribution is 2.28. The summed E-state index contributed by atoms with van der Waals surface area (Å²) in [6, 6.07) is -0.192. The van der Waals surface area contributed by atoms with Crippen LogP contribution in [0.5, 0.6) is 0 Å². The maximum atomic E-state index is 11.9. The zero-order valence-corrected chi connectivity index (χ0v) is 12.3. The quantitative estimate of drug-likeness (QED) is 0.705. The number of carbonyl (C=O) groups excluding carboxylic acids is 1. The predicted octanol–water partition coefficient (Wildman–Crippen LogP) is 1.79. The van der Waals surface area contributed by atoms with Crippen molar-refractivity contribution in [2.24, 2.45) is 0 Å². The molecule has 0 aromatic carbocycles. The van der Waals surface area contributed by atoms with E-state index in [-0.39, 0.29) is 17.6 Å². The lowest BCUT2D eigenvalue weighted by Gasteiger charge is -2.34. The number of carbonyl (C=O) groups is 1. The van der Waals surface area contributed by atoms with Crippen molar-refractivity contribution >= 4 is 5.97 Å². The van der Waals surface area contributed by atoms with Crippen molar-refractivity contribution in [3.63, 3.8) is 0 Å². The average molecular weight is 256 g/mol. The summed E-state index contributed by atoms with van der Waals surface area (Å²) in [5, 5.41) is 3.30. The molecule has 1 rings (SSSR count). The van der Waals surface area contributed by atoms with Crippen LogP contribution < -0.4 is 5.32 Å². The smallest absolute Gasteiger partial charge is 0.324 e. The number of ether oxygens (including phenoxy) is 1. The summed E-state index contributed by atoms with van der Waals surface area (Å²) in [4.78, 5) is 14.3. The minimum atomic E-state index is -0.192. The second-order valence-electron chi connectivity index (χ2n) is 5.62. The number of hydrogen-bond acceptors (Lipinski definition) is 4. The minimum Gasteiger partial charge on any atom is -0.465 e. The molecule has 0 aromatic rings. The molecule has 0 bridgehead atoms. The van der Waals surface area contributed by atoms with Gasteiger partial charge >= 0.3 is 5.97 Å². The lowest BCUT2D eigenvalue weighted by molar-refractivity contribution is -0.146. The molecule has 0 saturated carbocycles. The van der Waals surface area contributed by atoms with E-state index in [2.05, 4.69) is 31.0 Å². The third-order valence-corrected chi connectivity index (χ3v) is 3.69. The number of likely N-dealkylation sites (tertiary alicyclic amines) is 1. The maximum Gasteiger partial charge on any atom is 0.324 e. The Morgan fingerprint density at radius 3 is 2.67 bits per heavy atom. The first-order valence-corrected chi connectivity index (χ1v) is 7.16. The van der Waals surface area contributed by atoms with Gasteiger partial charge in [-0.15, -0.1) is 0 Å². The monoisotopic (exact) mass is 256 g/mol. The van der Waals surface area contributed by atoms with Crippen LogP contribution in [0.15, 0.2) is 0 Å². The second-order valence-corrected chi connectivity index (χ2v) is 5.62. The van der Waals surface area contributed by atoms with E-state index in [1.807, 2.05) is 6.92 Å². The van der Waals surface area contributed by atoms with E-state index in [1.54, 1.807) is 0 Å². The van der Waals surface area contributed by atoms with Gasteiger partial charge < -0.3 is 10.1 Å². The van der Waals surface area contributed by atoms with Gasteiger partial charge in [0.2, 0.25) is 0 Å². The summed E-state index contributed by atoms with van der Waals surface area (Å²) in [6.07, 6.45) is 3.45. The second kappa shape index (κ2) is 7.10. The number of esters is 1. The van der Waals surface area contributed by atoms with Crippen LogP contribution in [0.4, 0.5) is 0 Å². The molecule has 0 aromatic heterocycles. The molecule has 106 valence electrons. The van der Waals surface area contributed by atoms with Gasteiger partial charge in [-0.25, -0.2) is 0 Å². The first kappa shape index (κ1) is 15.4. The highest BCUT2D eigenvalue weighted by Gasteiger charge is 2.34. The molecule has 0 radical (unpaired) electrons. The molecule has 0 amide bonds. The Hall–Kier alpha value is -0.610. The van der Waals surface area contributed by atoms with Crippen LogP contribution in [-0.2, 0) is 9.53 Å². The normalized spacial score (nSPS) is 20.9. The van der Waals surface area contributed by atoms with E-state index in [0.29, 0.717) is 6.61 Å². The molecule has 1 atom stereocenters. The summed E-state index contributed by atoms with van der Waals surface area (Å²) in [6.45, 7) is 11.6. The zero-order valence-electron chi connectivity index (χ0n) is 12.3. The molecule has 1 aliphatic rings. The Morgan fingerprint density at radius 1 is 1.44 bits per heavy atom. The first-order chi connectivity index (χ1) is 8.51. The third-order valence-electron chi connectivity index (χ3n) is 3.69. The van der Waals surface area contributed by atoms with E-state index in [9.17, 15) is 4.79 Å². The predicted molar refractivity (Wildman–Crippen MR) is 73.6 cm³/mol. The number of nitrogens with zero attached hydrogens (tertiary/aromatic N) is 1. The first-order valence-electron chi connectivity index (χ1n) is 7.16. The van der Waals surface area contributed by atoms with E-state index in [4.69, 9.17) is 4.74 Å². The van der Waals surface area contributed by atoms with Gasteiger partial charge in [-0.3, -0.25) is 9.69 Å². The third kappa shape index (κ3) is 4.25. The molecular formula is C14H28N2O2. The van der Waals surface area contributed by atoms with E-state index < -0.39 is 0 Å². The molecule has 0 spiro atoms. The maximum absolute atomic E-state index is 11.9. The number of nitrogens with one attached hydrogen (secondary N) is 1. The van der Waals surface area contributed by atoms with Gasteiger partial charge in [0.1, 0.15) is 6.04 Å². The largest absolute Gasteiger partial charge is 0.465 e. The summed E-state index contributed by atoms with van der Waals surface area (Å²) in [5.41, 5.74) is 0.207. The molecule has 1 saturated heterocycles. The molecule has 1 heterocycles. The van der Waals surface area contributed by atoms with Gasteiger partial charge in [0.15, 0.2) is 0 Å². The lowest BCUT2D eigenvalue weighted by atomic mass is 10.0. The Balaban J connectivity index is 2.57. The summed E-state index contributed by atoms with van der Waals surface area (Å²) >= 11 is 0. The molecule has 1 fully saturated rings. The standard InChI is InChI=1S/C14H28N2O2/c1-5-9-15-12(13(17)18-6-2)11-16-10-7-8-14(16,3)4/h12,15H,5-11H2,1-4H3. The van der Waals surface area contributed by atoms with Crippen molar-refractivity contribution in [1.29, 1.82) is 0 Å². The van der Waals surface area contributed by atoms with Crippen LogP contribution in [0.2, 0.25) is 0 Å². The highest BCUT2D eigenvalue weighted by molar-refractivity contribution is 5.76. The van der Waals surface area contributed by atoms with Crippen LogP contribution in [0.3, 0.4) is 0 Å². The Morgan fingerprint density at radius 2 is 2.17 bits per heavy atom. The number of hydrogen-bond donors (Lipinski definition) is 1. The Kier molecular flexibility index (Phi) is 6.09. The molecule has 1 unspecified atom stereocenters.